The molecule has 4 aromatic rings. The molecule has 0 bridgehead atoms. The van der Waals surface area contributed by atoms with Crippen LogP contribution in [0.25, 0.3) is 11.0 Å². The maximum Gasteiger partial charge on any atom is 0.265 e. The monoisotopic (exact) mass is 391 g/mol. The smallest absolute Gasteiger partial charge is 0.265 e. The van der Waals surface area contributed by atoms with Crippen LogP contribution in [0.15, 0.2) is 64.4 Å². The minimum Gasteiger partial charge on any atom is -0.497 e. The summed E-state index contributed by atoms with van der Waals surface area (Å²) in [5.74, 6) is 0.517. The van der Waals surface area contributed by atoms with Gasteiger partial charge in [-0.15, -0.1) is 11.3 Å². The molecule has 28 heavy (non-hydrogen) atoms. The molecule has 6 heteroatoms. The average molecular weight is 391 g/mol. The second-order valence-corrected chi connectivity index (χ2v) is 7.21. The van der Waals surface area contributed by atoms with Gasteiger partial charge >= 0.3 is 0 Å². The summed E-state index contributed by atoms with van der Waals surface area (Å²) in [5.41, 5.74) is 2.47. The molecule has 2 aromatic heterocycles. The van der Waals surface area contributed by atoms with Crippen LogP contribution in [0, 0.1) is 6.92 Å². The number of anilines is 1. The topological polar surface area (TPSA) is 68.5 Å². The van der Waals surface area contributed by atoms with E-state index in [1.165, 1.54) is 11.3 Å². The minimum atomic E-state index is -0.211. The van der Waals surface area contributed by atoms with Crippen LogP contribution >= 0.6 is 11.3 Å². The van der Waals surface area contributed by atoms with E-state index < -0.39 is 0 Å². The summed E-state index contributed by atoms with van der Waals surface area (Å²) >= 11 is 1.38. The molecule has 0 saturated carbocycles. The van der Waals surface area contributed by atoms with Gasteiger partial charge in [0.1, 0.15) is 11.3 Å². The molecule has 0 saturated heterocycles. The van der Waals surface area contributed by atoms with Crippen LogP contribution < -0.4 is 10.1 Å². The van der Waals surface area contributed by atoms with Gasteiger partial charge < -0.3 is 14.5 Å². The molecule has 0 radical (unpaired) electrons. The highest BCUT2D eigenvalue weighted by Gasteiger charge is 2.20. The number of thiophene rings is 1. The van der Waals surface area contributed by atoms with Gasteiger partial charge in [0.05, 0.1) is 12.0 Å². The first-order valence-corrected chi connectivity index (χ1v) is 9.51. The first kappa shape index (κ1) is 18.0. The second-order valence-electron chi connectivity index (χ2n) is 6.26. The third-order valence-corrected chi connectivity index (χ3v) is 5.35. The van der Waals surface area contributed by atoms with Gasteiger partial charge in [-0.25, -0.2) is 0 Å². The van der Waals surface area contributed by atoms with Gasteiger partial charge in [-0.3, -0.25) is 9.59 Å². The Morgan fingerprint density at radius 2 is 1.93 bits per heavy atom. The molecular weight excluding hydrogens is 374 g/mol. The predicted molar refractivity (Wildman–Crippen MR) is 110 cm³/mol. The lowest BCUT2D eigenvalue weighted by atomic mass is 10.0. The molecule has 4 rings (SSSR count). The highest BCUT2D eigenvalue weighted by atomic mass is 32.1. The standard InChI is InChI=1S/C22H17NO4S/c1-13-17-12-15(23-22(25)19-7-4-10-28-19)8-9-18(17)27-21(13)20(24)14-5-3-6-16(11-14)26-2/h3-12H,1-2H3,(H,23,25). The highest BCUT2D eigenvalue weighted by Crippen LogP contribution is 2.30. The van der Waals surface area contributed by atoms with Crippen molar-refractivity contribution in [1.29, 1.82) is 0 Å². The van der Waals surface area contributed by atoms with Crippen LogP contribution in [0.1, 0.15) is 31.4 Å². The molecule has 0 fully saturated rings. The molecule has 0 aliphatic carbocycles. The maximum absolute atomic E-state index is 12.9. The number of furan rings is 1. The Morgan fingerprint density at radius 1 is 1.07 bits per heavy atom. The third kappa shape index (κ3) is 3.30. The van der Waals surface area contributed by atoms with Crippen molar-refractivity contribution in [3.63, 3.8) is 0 Å². The van der Waals surface area contributed by atoms with Gasteiger partial charge in [0.2, 0.25) is 5.78 Å². The van der Waals surface area contributed by atoms with Crippen LogP contribution in [-0.2, 0) is 0 Å². The van der Waals surface area contributed by atoms with Crippen molar-refractivity contribution in [3.05, 3.63) is 81.7 Å². The van der Waals surface area contributed by atoms with Gasteiger partial charge in [-0.05, 0) is 48.7 Å². The van der Waals surface area contributed by atoms with Crippen molar-refractivity contribution in [2.24, 2.45) is 0 Å². The van der Waals surface area contributed by atoms with Crippen molar-refractivity contribution in [1.82, 2.24) is 0 Å². The van der Waals surface area contributed by atoms with E-state index in [-0.39, 0.29) is 17.5 Å². The van der Waals surface area contributed by atoms with Crippen molar-refractivity contribution in [2.75, 3.05) is 12.4 Å². The fourth-order valence-corrected chi connectivity index (χ4v) is 3.63. The maximum atomic E-state index is 12.9. The first-order chi connectivity index (χ1) is 13.6. The number of hydrogen-bond donors (Lipinski definition) is 1. The Hall–Kier alpha value is -3.38. The predicted octanol–water partition coefficient (Wildman–Crippen LogP) is 5.29. The van der Waals surface area contributed by atoms with E-state index >= 15 is 0 Å². The lowest BCUT2D eigenvalue weighted by molar-refractivity contribution is 0.101. The van der Waals surface area contributed by atoms with Crippen molar-refractivity contribution in [2.45, 2.75) is 6.92 Å². The summed E-state index contributed by atoms with van der Waals surface area (Å²) in [5, 5.41) is 5.52. The summed E-state index contributed by atoms with van der Waals surface area (Å²) in [7, 11) is 1.56. The van der Waals surface area contributed by atoms with Crippen LogP contribution in [0.4, 0.5) is 5.69 Å². The molecule has 0 unspecified atom stereocenters. The molecule has 5 nitrogen and oxygen atoms in total. The summed E-state index contributed by atoms with van der Waals surface area (Å²) in [4.78, 5) is 25.8. The van der Waals surface area contributed by atoms with E-state index in [0.29, 0.717) is 27.5 Å². The van der Waals surface area contributed by atoms with Gasteiger partial charge in [0.25, 0.3) is 5.91 Å². The Labute approximate surface area is 165 Å². The Bertz CT molecular complexity index is 1170. The number of aryl methyl sites for hydroxylation is 1. The fraction of sp³-hybridized carbons (Fsp3) is 0.0909. The Kier molecular flexibility index (Phi) is 4.71. The molecule has 0 aliphatic rings. The minimum absolute atomic E-state index is 0.164. The number of carbonyl (C=O) groups is 2. The molecule has 2 heterocycles. The fourth-order valence-electron chi connectivity index (χ4n) is 3.01. The molecule has 0 aliphatic heterocycles. The summed E-state index contributed by atoms with van der Waals surface area (Å²) in [6, 6.07) is 15.9. The average Bonchev–Trinajstić information content (AvgIpc) is 3.36. The van der Waals surface area contributed by atoms with E-state index in [1.54, 1.807) is 49.6 Å². The normalized spacial score (nSPS) is 10.8. The molecular formula is C22H17NO4S. The second kappa shape index (κ2) is 7.32. The number of fused-ring (bicyclic) bond motifs is 1. The van der Waals surface area contributed by atoms with E-state index in [4.69, 9.17) is 9.15 Å². The van der Waals surface area contributed by atoms with Crippen molar-refractivity contribution >= 4 is 39.7 Å². The molecule has 0 atom stereocenters. The van der Waals surface area contributed by atoms with Gasteiger partial charge in [0, 0.05) is 22.2 Å². The van der Waals surface area contributed by atoms with E-state index in [9.17, 15) is 9.59 Å². The van der Waals surface area contributed by atoms with Crippen LogP contribution in [0.3, 0.4) is 0 Å². The highest BCUT2D eigenvalue weighted by molar-refractivity contribution is 7.12. The lowest BCUT2D eigenvalue weighted by Gasteiger charge is -2.03. The van der Waals surface area contributed by atoms with Crippen molar-refractivity contribution < 1.29 is 18.7 Å². The van der Waals surface area contributed by atoms with E-state index in [0.717, 1.165) is 10.9 Å². The number of ether oxygens (including phenoxy) is 1. The number of hydrogen-bond acceptors (Lipinski definition) is 5. The van der Waals surface area contributed by atoms with Crippen molar-refractivity contribution in [3.8, 4) is 5.75 Å². The SMILES string of the molecule is COc1cccc(C(=O)c2oc3ccc(NC(=O)c4cccs4)cc3c2C)c1. The number of ketones is 1. The lowest BCUT2D eigenvalue weighted by Crippen LogP contribution is -2.09. The number of amides is 1. The van der Waals surface area contributed by atoms with Crippen LogP contribution in [-0.4, -0.2) is 18.8 Å². The number of carbonyl (C=O) groups excluding carboxylic acids is 2. The van der Waals surface area contributed by atoms with Crippen LogP contribution in [0.2, 0.25) is 0 Å². The quantitative estimate of drug-likeness (QED) is 0.469. The molecule has 140 valence electrons. The van der Waals surface area contributed by atoms with E-state index in [2.05, 4.69) is 5.32 Å². The van der Waals surface area contributed by atoms with Gasteiger partial charge in [-0.1, -0.05) is 18.2 Å². The number of rotatable bonds is 5. The Morgan fingerprint density at radius 3 is 2.68 bits per heavy atom. The van der Waals surface area contributed by atoms with Gasteiger partial charge in [-0.2, -0.15) is 0 Å². The van der Waals surface area contributed by atoms with Gasteiger partial charge in [0.15, 0.2) is 5.76 Å². The zero-order chi connectivity index (χ0) is 19.7. The third-order valence-electron chi connectivity index (χ3n) is 4.48. The molecule has 0 spiro atoms. The largest absolute Gasteiger partial charge is 0.497 e. The first-order valence-electron chi connectivity index (χ1n) is 8.63. The zero-order valence-electron chi connectivity index (χ0n) is 15.3. The molecule has 2 aromatic carbocycles. The number of nitrogens with one attached hydrogen (secondary N) is 1. The molecule has 1 N–H and O–H groups in total. The Balaban J connectivity index is 1.67. The summed E-state index contributed by atoms with van der Waals surface area (Å²) in [6.45, 7) is 1.84. The zero-order valence-corrected chi connectivity index (χ0v) is 16.1. The number of methoxy groups -OCH3 is 1. The number of benzene rings is 2. The van der Waals surface area contributed by atoms with Crippen LogP contribution in [0.5, 0.6) is 5.75 Å². The summed E-state index contributed by atoms with van der Waals surface area (Å²) in [6.07, 6.45) is 0. The molecule has 1 amide bonds. The van der Waals surface area contributed by atoms with E-state index in [1.807, 2.05) is 24.4 Å². The summed E-state index contributed by atoms with van der Waals surface area (Å²) < 4.78 is 11.0.